The molecule has 0 radical (unpaired) electrons. The molecule has 2 amide bonds. The van der Waals surface area contributed by atoms with Crippen molar-refractivity contribution < 1.29 is 14.5 Å². The number of nitro groups is 1. The largest absolute Gasteiger partial charge is 0.308 e. The molecule has 120 valence electrons. The third-order valence-electron chi connectivity index (χ3n) is 3.35. The Bertz CT molecular complexity index is 848. The van der Waals surface area contributed by atoms with Gasteiger partial charge in [0.05, 0.1) is 17.0 Å². The average molecular weight is 324 g/mol. The Hall–Kier alpha value is -3.55. The summed E-state index contributed by atoms with van der Waals surface area (Å²) in [4.78, 5) is 34.4. The van der Waals surface area contributed by atoms with Crippen molar-refractivity contribution in [1.29, 1.82) is 0 Å². The van der Waals surface area contributed by atoms with Crippen molar-refractivity contribution in [3.8, 4) is 0 Å². The number of benzene rings is 2. The number of nitrogens with zero attached hydrogens (tertiary/aromatic N) is 3. The summed E-state index contributed by atoms with van der Waals surface area (Å²) in [5, 5.41) is 18.6. The lowest BCUT2D eigenvalue weighted by molar-refractivity contribution is -0.384. The zero-order valence-electron chi connectivity index (χ0n) is 12.4. The number of nitrogens with one attached hydrogen (secondary N) is 1. The molecular formula is C16H12N4O4. The molecule has 1 N–H and O–H groups in total. The lowest BCUT2D eigenvalue weighted by Gasteiger charge is -2.10. The lowest BCUT2D eigenvalue weighted by atomic mass is 10.2. The summed E-state index contributed by atoms with van der Waals surface area (Å²) < 4.78 is 0. The highest BCUT2D eigenvalue weighted by Gasteiger charge is 2.26. The van der Waals surface area contributed by atoms with E-state index < -0.39 is 10.8 Å². The van der Waals surface area contributed by atoms with E-state index in [4.69, 9.17) is 0 Å². The predicted molar refractivity (Wildman–Crippen MR) is 86.5 cm³/mol. The summed E-state index contributed by atoms with van der Waals surface area (Å²) >= 11 is 0. The number of carbonyl (C=O) groups excluding carboxylic acids is 2. The van der Waals surface area contributed by atoms with Crippen molar-refractivity contribution in [3.05, 3.63) is 70.3 Å². The van der Waals surface area contributed by atoms with Crippen molar-refractivity contribution in [2.45, 2.75) is 6.42 Å². The molecule has 1 aliphatic heterocycles. The van der Waals surface area contributed by atoms with Gasteiger partial charge in [0, 0.05) is 17.7 Å². The number of para-hydroxylation sites is 1. The molecule has 8 heteroatoms. The third-order valence-corrected chi connectivity index (χ3v) is 3.35. The van der Waals surface area contributed by atoms with E-state index in [9.17, 15) is 19.7 Å². The fraction of sp³-hybridized carbons (Fsp3) is 0.0625. The van der Waals surface area contributed by atoms with Crippen LogP contribution < -0.4 is 10.3 Å². The van der Waals surface area contributed by atoms with E-state index in [0.717, 1.165) is 0 Å². The van der Waals surface area contributed by atoms with E-state index >= 15 is 0 Å². The molecule has 3 rings (SSSR count). The minimum Gasteiger partial charge on any atom is -0.308 e. The first-order chi connectivity index (χ1) is 11.5. The predicted octanol–water partition coefficient (Wildman–Crippen LogP) is 2.08. The standard InChI is InChI=1S/C16H12N4O4/c21-15-10-14(18-19(15)12-6-2-1-3-7-12)17-16(22)11-5-4-8-13(9-11)20(23)24/h1-9H,10H2,(H,17,18,22). The number of nitro benzene ring substituents is 1. The van der Waals surface area contributed by atoms with Crippen molar-refractivity contribution in [1.82, 2.24) is 5.32 Å². The van der Waals surface area contributed by atoms with Gasteiger partial charge in [-0.1, -0.05) is 24.3 Å². The molecule has 8 nitrogen and oxygen atoms in total. The second-order valence-electron chi connectivity index (χ2n) is 5.03. The molecule has 0 saturated carbocycles. The van der Waals surface area contributed by atoms with Crippen LogP contribution in [-0.2, 0) is 4.79 Å². The quantitative estimate of drug-likeness (QED) is 0.689. The maximum atomic E-state index is 12.2. The third kappa shape index (κ3) is 3.12. The molecule has 0 aromatic heterocycles. The first-order valence-corrected chi connectivity index (χ1v) is 7.06. The normalized spacial score (nSPS) is 13.6. The SMILES string of the molecule is O=C(NC1=NN(c2ccccc2)C(=O)C1)c1cccc([N+](=O)[O-])c1. The van der Waals surface area contributed by atoms with Crippen LogP contribution in [0.5, 0.6) is 0 Å². The van der Waals surface area contributed by atoms with Gasteiger partial charge in [0.1, 0.15) is 5.84 Å². The van der Waals surface area contributed by atoms with Crippen LogP contribution >= 0.6 is 0 Å². The molecule has 0 saturated heterocycles. The maximum Gasteiger partial charge on any atom is 0.270 e. The number of rotatable bonds is 3. The van der Waals surface area contributed by atoms with Gasteiger partial charge in [-0.15, -0.1) is 0 Å². The summed E-state index contributed by atoms with van der Waals surface area (Å²) in [6.45, 7) is 0. The van der Waals surface area contributed by atoms with Gasteiger partial charge in [-0.25, -0.2) is 0 Å². The Morgan fingerprint density at radius 2 is 1.92 bits per heavy atom. The number of hydrogen-bond acceptors (Lipinski definition) is 5. The van der Waals surface area contributed by atoms with Gasteiger partial charge < -0.3 is 5.32 Å². The highest BCUT2D eigenvalue weighted by atomic mass is 16.6. The highest BCUT2D eigenvalue weighted by Crippen LogP contribution is 2.19. The Balaban J connectivity index is 1.77. The Labute approximate surface area is 136 Å². The Morgan fingerprint density at radius 1 is 1.17 bits per heavy atom. The van der Waals surface area contributed by atoms with Crippen molar-refractivity contribution >= 4 is 29.0 Å². The van der Waals surface area contributed by atoms with Gasteiger partial charge in [0.25, 0.3) is 17.5 Å². The van der Waals surface area contributed by atoms with Gasteiger partial charge in [-0.3, -0.25) is 19.7 Å². The molecule has 2 aromatic carbocycles. The van der Waals surface area contributed by atoms with E-state index in [0.29, 0.717) is 5.69 Å². The summed E-state index contributed by atoms with van der Waals surface area (Å²) in [5.74, 6) is -0.629. The molecule has 24 heavy (non-hydrogen) atoms. The number of carbonyl (C=O) groups is 2. The summed E-state index contributed by atoms with van der Waals surface area (Å²) in [5.41, 5.74) is 0.539. The summed E-state index contributed by atoms with van der Waals surface area (Å²) in [6, 6.07) is 14.2. The van der Waals surface area contributed by atoms with Crippen LogP contribution in [0.4, 0.5) is 11.4 Å². The first-order valence-electron chi connectivity index (χ1n) is 7.06. The summed E-state index contributed by atoms with van der Waals surface area (Å²) in [6.07, 6.45) is -0.0461. The minimum absolute atomic E-state index is 0.0461. The molecule has 2 aromatic rings. The number of anilines is 1. The number of hydrazone groups is 1. The monoisotopic (exact) mass is 324 g/mol. The molecule has 0 atom stereocenters. The topological polar surface area (TPSA) is 105 Å². The lowest BCUT2D eigenvalue weighted by Crippen LogP contribution is -2.29. The van der Waals surface area contributed by atoms with Crippen LogP contribution in [0.1, 0.15) is 16.8 Å². The highest BCUT2D eigenvalue weighted by molar-refractivity contribution is 6.17. The van der Waals surface area contributed by atoms with Crippen LogP contribution in [0.15, 0.2) is 59.7 Å². The minimum atomic E-state index is -0.579. The second-order valence-corrected chi connectivity index (χ2v) is 5.03. The molecular weight excluding hydrogens is 312 g/mol. The first kappa shape index (κ1) is 15.3. The molecule has 0 spiro atoms. The van der Waals surface area contributed by atoms with Gasteiger partial charge in [0.15, 0.2) is 0 Å². The van der Waals surface area contributed by atoms with Crippen LogP contribution in [0.25, 0.3) is 0 Å². The molecule has 0 unspecified atom stereocenters. The van der Waals surface area contributed by atoms with Gasteiger partial charge in [-0.2, -0.15) is 10.1 Å². The van der Waals surface area contributed by atoms with Crippen LogP contribution in [0.3, 0.4) is 0 Å². The fourth-order valence-corrected chi connectivity index (χ4v) is 2.23. The number of non-ortho nitro benzene ring substituents is 1. The maximum absolute atomic E-state index is 12.2. The zero-order chi connectivity index (χ0) is 17.1. The van der Waals surface area contributed by atoms with E-state index in [1.54, 1.807) is 24.3 Å². The van der Waals surface area contributed by atoms with Gasteiger partial charge in [-0.05, 0) is 18.2 Å². The molecule has 0 bridgehead atoms. The van der Waals surface area contributed by atoms with Crippen LogP contribution in [0.2, 0.25) is 0 Å². The van der Waals surface area contributed by atoms with Crippen LogP contribution in [-0.4, -0.2) is 22.6 Å². The van der Waals surface area contributed by atoms with Crippen molar-refractivity contribution in [2.75, 3.05) is 5.01 Å². The van der Waals surface area contributed by atoms with Crippen molar-refractivity contribution in [2.24, 2.45) is 5.10 Å². The molecule has 0 aliphatic carbocycles. The zero-order valence-corrected chi connectivity index (χ0v) is 12.4. The van der Waals surface area contributed by atoms with Gasteiger partial charge >= 0.3 is 0 Å². The smallest absolute Gasteiger partial charge is 0.270 e. The second kappa shape index (κ2) is 6.29. The molecule has 1 heterocycles. The number of hydrogen-bond donors (Lipinski definition) is 1. The van der Waals surface area contributed by atoms with E-state index in [1.807, 2.05) is 6.07 Å². The molecule has 1 aliphatic rings. The average Bonchev–Trinajstić information content (AvgIpc) is 2.96. The number of amidine groups is 1. The Morgan fingerprint density at radius 3 is 2.62 bits per heavy atom. The van der Waals surface area contributed by atoms with E-state index in [1.165, 1.54) is 29.3 Å². The number of amides is 2. The van der Waals surface area contributed by atoms with Crippen LogP contribution in [0, 0.1) is 10.1 Å². The molecule has 0 fully saturated rings. The fourth-order valence-electron chi connectivity index (χ4n) is 2.23. The van der Waals surface area contributed by atoms with E-state index in [2.05, 4.69) is 10.4 Å². The van der Waals surface area contributed by atoms with Crippen molar-refractivity contribution in [3.63, 3.8) is 0 Å². The Kier molecular flexibility index (Phi) is 4.02. The summed E-state index contributed by atoms with van der Waals surface area (Å²) in [7, 11) is 0. The van der Waals surface area contributed by atoms with Gasteiger partial charge in [0.2, 0.25) is 0 Å². The van der Waals surface area contributed by atoms with E-state index in [-0.39, 0.29) is 29.4 Å².